The summed E-state index contributed by atoms with van der Waals surface area (Å²) in [5.74, 6) is -0.822. The predicted molar refractivity (Wildman–Crippen MR) is 39.9 cm³/mol. The molecule has 0 aliphatic carbocycles. The largest absolute Gasteiger partial charge is 0.478 e. The van der Waals surface area contributed by atoms with Crippen molar-refractivity contribution in [2.45, 2.75) is 13.3 Å². The van der Waals surface area contributed by atoms with Crippen LogP contribution in [0.4, 0.5) is 0 Å². The molecule has 0 fully saturated rings. The van der Waals surface area contributed by atoms with Crippen LogP contribution in [0.1, 0.15) is 13.3 Å². The predicted octanol–water partition coefficient (Wildman–Crippen LogP) is 0.627. The molecule has 0 aliphatic rings. The highest BCUT2D eigenvalue weighted by atomic mass is 16.4. The van der Waals surface area contributed by atoms with Crippen LogP contribution in [0.2, 0.25) is 0 Å². The van der Waals surface area contributed by atoms with Gasteiger partial charge in [0.15, 0.2) is 0 Å². The van der Waals surface area contributed by atoms with Gasteiger partial charge in [-0.3, -0.25) is 0 Å². The summed E-state index contributed by atoms with van der Waals surface area (Å²) in [6.07, 6.45) is 2.26. The second kappa shape index (κ2) is 4.99. The number of likely N-dealkylation sites (N-methyl/N-ethyl adjacent to an activating group) is 1. The van der Waals surface area contributed by atoms with Gasteiger partial charge in [-0.2, -0.15) is 0 Å². The van der Waals surface area contributed by atoms with E-state index < -0.39 is 5.97 Å². The van der Waals surface area contributed by atoms with Crippen molar-refractivity contribution < 1.29 is 9.90 Å². The molecular formula is C7H13NO2. The third-order valence-electron chi connectivity index (χ3n) is 1.21. The van der Waals surface area contributed by atoms with Crippen molar-refractivity contribution in [3.8, 4) is 0 Å². The lowest BCUT2D eigenvalue weighted by molar-refractivity contribution is -0.132. The Morgan fingerprint density at radius 2 is 2.30 bits per heavy atom. The molecule has 3 heteroatoms. The van der Waals surface area contributed by atoms with Gasteiger partial charge in [0.05, 0.1) is 0 Å². The van der Waals surface area contributed by atoms with Crippen LogP contribution in [0.25, 0.3) is 0 Å². The fraction of sp³-hybridized carbons (Fsp3) is 0.571. The van der Waals surface area contributed by atoms with E-state index in [2.05, 4.69) is 5.32 Å². The lowest BCUT2D eigenvalue weighted by Gasteiger charge is -1.95. The first-order valence-corrected chi connectivity index (χ1v) is 3.29. The Labute approximate surface area is 60.7 Å². The topological polar surface area (TPSA) is 49.3 Å². The van der Waals surface area contributed by atoms with E-state index in [9.17, 15) is 4.79 Å². The zero-order chi connectivity index (χ0) is 7.98. The fourth-order valence-electron chi connectivity index (χ4n) is 0.608. The van der Waals surface area contributed by atoms with Crippen LogP contribution in [0.15, 0.2) is 11.6 Å². The number of rotatable bonds is 4. The van der Waals surface area contributed by atoms with Crippen LogP contribution in [0.3, 0.4) is 0 Å². The number of hydrogen-bond donors (Lipinski definition) is 2. The Balaban J connectivity index is 3.91. The number of aliphatic carboxylic acids is 1. The van der Waals surface area contributed by atoms with Gasteiger partial charge in [-0.25, -0.2) is 4.79 Å². The van der Waals surface area contributed by atoms with E-state index in [1.165, 1.54) is 0 Å². The standard InChI is InChI=1S/C7H13NO2/c1-3-6(7(9)10)4-5-8-2/h4,8H,3,5H2,1-2H3,(H,9,10)/b6-4-. The van der Waals surface area contributed by atoms with E-state index in [1.807, 2.05) is 6.92 Å². The molecule has 0 saturated heterocycles. The van der Waals surface area contributed by atoms with Crippen molar-refractivity contribution in [2.24, 2.45) is 0 Å². The molecule has 0 radical (unpaired) electrons. The molecule has 0 unspecified atom stereocenters. The molecule has 0 bridgehead atoms. The number of carboxylic acid groups (broad SMARTS) is 1. The lowest BCUT2D eigenvalue weighted by Crippen LogP contribution is -2.08. The summed E-state index contributed by atoms with van der Waals surface area (Å²) < 4.78 is 0. The minimum absolute atomic E-state index is 0.467. The molecule has 0 atom stereocenters. The summed E-state index contributed by atoms with van der Waals surface area (Å²) in [4.78, 5) is 10.3. The molecule has 3 nitrogen and oxygen atoms in total. The Bertz CT molecular complexity index is 141. The maximum atomic E-state index is 10.3. The zero-order valence-corrected chi connectivity index (χ0v) is 6.35. The van der Waals surface area contributed by atoms with Crippen LogP contribution < -0.4 is 5.32 Å². The van der Waals surface area contributed by atoms with Gasteiger partial charge in [0.1, 0.15) is 0 Å². The van der Waals surface area contributed by atoms with E-state index >= 15 is 0 Å². The van der Waals surface area contributed by atoms with E-state index in [-0.39, 0.29) is 0 Å². The summed E-state index contributed by atoms with van der Waals surface area (Å²) in [6, 6.07) is 0. The van der Waals surface area contributed by atoms with Crippen LogP contribution >= 0.6 is 0 Å². The van der Waals surface area contributed by atoms with E-state index in [1.54, 1.807) is 13.1 Å². The minimum Gasteiger partial charge on any atom is -0.478 e. The third kappa shape index (κ3) is 3.25. The maximum absolute atomic E-state index is 10.3. The Morgan fingerprint density at radius 1 is 1.70 bits per heavy atom. The van der Waals surface area contributed by atoms with Gasteiger partial charge in [-0.1, -0.05) is 13.0 Å². The number of hydrogen-bond acceptors (Lipinski definition) is 2. The van der Waals surface area contributed by atoms with Gasteiger partial charge in [-0.15, -0.1) is 0 Å². The van der Waals surface area contributed by atoms with Crippen LogP contribution in [-0.2, 0) is 4.79 Å². The molecule has 0 rings (SSSR count). The normalized spacial score (nSPS) is 11.6. The van der Waals surface area contributed by atoms with Gasteiger partial charge in [0.25, 0.3) is 0 Å². The Morgan fingerprint density at radius 3 is 2.60 bits per heavy atom. The van der Waals surface area contributed by atoms with Gasteiger partial charge >= 0.3 is 5.97 Å². The van der Waals surface area contributed by atoms with Gasteiger partial charge in [0, 0.05) is 12.1 Å². The first-order valence-electron chi connectivity index (χ1n) is 3.29. The van der Waals surface area contributed by atoms with Gasteiger partial charge < -0.3 is 10.4 Å². The molecule has 2 N–H and O–H groups in total. The second-order valence-electron chi connectivity index (χ2n) is 1.95. The van der Waals surface area contributed by atoms with Gasteiger partial charge in [-0.05, 0) is 13.5 Å². The van der Waals surface area contributed by atoms with Crippen molar-refractivity contribution in [1.82, 2.24) is 5.32 Å². The first kappa shape index (κ1) is 9.17. The highest BCUT2D eigenvalue weighted by Crippen LogP contribution is 1.98. The summed E-state index contributed by atoms with van der Waals surface area (Å²) >= 11 is 0. The molecule has 0 aromatic heterocycles. The quantitative estimate of drug-likeness (QED) is 0.567. The summed E-state index contributed by atoms with van der Waals surface area (Å²) in [5, 5.41) is 11.4. The molecule has 0 amide bonds. The van der Waals surface area contributed by atoms with Crippen molar-refractivity contribution in [3.63, 3.8) is 0 Å². The summed E-state index contributed by atoms with van der Waals surface area (Å²) in [6.45, 7) is 2.45. The molecule has 0 aromatic rings. The average Bonchev–Trinajstić information content (AvgIpc) is 1.89. The van der Waals surface area contributed by atoms with Crippen molar-refractivity contribution in [2.75, 3.05) is 13.6 Å². The highest BCUT2D eigenvalue weighted by Gasteiger charge is 2.01. The van der Waals surface area contributed by atoms with E-state index in [4.69, 9.17) is 5.11 Å². The Hall–Kier alpha value is -0.830. The molecule has 0 saturated carbocycles. The molecule has 0 heterocycles. The molecule has 0 spiro atoms. The van der Waals surface area contributed by atoms with Crippen molar-refractivity contribution in [1.29, 1.82) is 0 Å². The molecule has 0 aromatic carbocycles. The minimum atomic E-state index is -0.822. The monoisotopic (exact) mass is 143 g/mol. The number of carboxylic acids is 1. The lowest BCUT2D eigenvalue weighted by atomic mass is 10.2. The first-order chi connectivity index (χ1) is 4.72. The van der Waals surface area contributed by atoms with E-state index in [0.29, 0.717) is 18.5 Å². The molecule has 0 aliphatic heterocycles. The smallest absolute Gasteiger partial charge is 0.331 e. The van der Waals surface area contributed by atoms with Crippen molar-refractivity contribution >= 4 is 5.97 Å². The highest BCUT2D eigenvalue weighted by molar-refractivity contribution is 5.86. The van der Waals surface area contributed by atoms with E-state index in [0.717, 1.165) is 0 Å². The Kier molecular flexibility index (Phi) is 4.58. The molecule has 58 valence electrons. The SMILES string of the molecule is CC/C(=C/CNC)C(=O)O. The summed E-state index contributed by atoms with van der Waals surface area (Å²) in [5.41, 5.74) is 0.467. The van der Waals surface area contributed by atoms with Crippen LogP contribution in [0.5, 0.6) is 0 Å². The number of carbonyl (C=O) groups is 1. The second-order valence-corrected chi connectivity index (χ2v) is 1.95. The summed E-state index contributed by atoms with van der Waals surface area (Å²) in [7, 11) is 1.78. The zero-order valence-electron chi connectivity index (χ0n) is 6.35. The number of nitrogens with one attached hydrogen (secondary N) is 1. The molecular weight excluding hydrogens is 130 g/mol. The van der Waals surface area contributed by atoms with Crippen LogP contribution in [-0.4, -0.2) is 24.7 Å². The van der Waals surface area contributed by atoms with Crippen LogP contribution in [0, 0.1) is 0 Å². The van der Waals surface area contributed by atoms with Gasteiger partial charge in [0.2, 0.25) is 0 Å². The molecule has 10 heavy (non-hydrogen) atoms. The fourth-order valence-corrected chi connectivity index (χ4v) is 0.608. The van der Waals surface area contributed by atoms with Crippen molar-refractivity contribution in [3.05, 3.63) is 11.6 Å². The third-order valence-corrected chi connectivity index (χ3v) is 1.21. The maximum Gasteiger partial charge on any atom is 0.331 e. The average molecular weight is 143 g/mol.